The van der Waals surface area contributed by atoms with E-state index < -0.39 is 0 Å². The van der Waals surface area contributed by atoms with Crippen LogP contribution in [0.25, 0.3) is 0 Å². The first-order valence-corrected chi connectivity index (χ1v) is 5.33. The number of oxime groups is 1. The van der Waals surface area contributed by atoms with Crippen molar-refractivity contribution < 1.29 is 5.21 Å². The summed E-state index contributed by atoms with van der Waals surface area (Å²) in [4.78, 5) is 0. The van der Waals surface area contributed by atoms with Crippen molar-refractivity contribution in [1.29, 1.82) is 0 Å². The van der Waals surface area contributed by atoms with Gasteiger partial charge in [-0.15, -0.1) is 0 Å². The highest BCUT2D eigenvalue weighted by Crippen LogP contribution is 2.19. The van der Waals surface area contributed by atoms with E-state index in [0.717, 1.165) is 15.7 Å². The maximum atomic E-state index is 8.51. The number of aryl methyl sites for hydroxylation is 1. The van der Waals surface area contributed by atoms with Crippen LogP contribution in [0.5, 0.6) is 0 Å². The first-order chi connectivity index (χ1) is 7.02. The van der Waals surface area contributed by atoms with Gasteiger partial charge in [-0.1, -0.05) is 21.1 Å². The minimum atomic E-state index is -0.205. The highest BCUT2D eigenvalue weighted by Gasteiger charge is 2.07. The van der Waals surface area contributed by atoms with E-state index >= 15 is 0 Å². The maximum Gasteiger partial charge on any atom is 0.161 e. The Hall–Kier alpha value is -1.23. The van der Waals surface area contributed by atoms with Crippen LogP contribution in [0.1, 0.15) is 12.5 Å². The molecule has 1 atom stereocenters. The summed E-state index contributed by atoms with van der Waals surface area (Å²) in [6.07, 6.45) is 0. The Balaban J connectivity index is 2.81. The van der Waals surface area contributed by atoms with E-state index in [1.54, 1.807) is 0 Å². The van der Waals surface area contributed by atoms with E-state index in [4.69, 9.17) is 10.9 Å². The van der Waals surface area contributed by atoms with Crippen LogP contribution in [-0.2, 0) is 0 Å². The Morgan fingerprint density at radius 1 is 1.53 bits per heavy atom. The molecule has 0 radical (unpaired) electrons. The summed E-state index contributed by atoms with van der Waals surface area (Å²) in [6.45, 7) is 3.83. The highest BCUT2D eigenvalue weighted by molar-refractivity contribution is 9.10. The second kappa shape index (κ2) is 5.02. The van der Waals surface area contributed by atoms with Crippen LogP contribution >= 0.6 is 15.9 Å². The SMILES string of the molecule is Cc1cc(Br)cc(NC(C)/C(N)=N/O)c1. The van der Waals surface area contributed by atoms with E-state index in [2.05, 4.69) is 26.4 Å². The molecule has 0 aromatic heterocycles. The lowest BCUT2D eigenvalue weighted by Crippen LogP contribution is -2.32. The van der Waals surface area contributed by atoms with Gasteiger partial charge in [0.15, 0.2) is 5.84 Å². The number of nitrogens with two attached hydrogens (primary N) is 1. The van der Waals surface area contributed by atoms with E-state index in [-0.39, 0.29) is 11.9 Å². The van der Waals surface area contributed by atoms with E-state index in [9.17, 15) is 0 Å². The van der Waals surface area contributed by atoms with E-state index in [1.165, 1.54) is 0 Å². The molecule has 0 saturated carbocycles. The van der Waals surface area contributed by atoms with Gasteiger partial charge in [0.2, 0.25) is 0 Å². The Labute approximate surface area is 97.3 Å². The highest BCUT2D eigenvalue weighted by atomic mass is 79.9. The van der Waals surface area contributed by atoms with Gasteiger partial charge >= 0.3 is 0 Å². The van der Waals surface area contributed by atoms with Crippen molar-refractivity contribution >= 4 is 27.5 Å². The van der Waals surface area contributed by atoms with Crippen LogP contribution in [0.3, 0.4) is 0 Å². The van der Waals surface area contributed by atoms with Gasteiger partial charge in [0, 0.05) is 10.2 Å². The number of anilines is 1. The van der Waals surface area contributed by atoms with Crippen molar-refractivity contribution in [3.63, 3.8) is 0 Å². The van der Waals surface area contributed by atoms with E-state index in [0.29, 0.717) is 0 Å². The quantitative estimate of drug-likeness (QED) is 0.342. The summed E-state index contributed by atoms with van der Waals surface area (Å²) < 4.78 is 0.997. The minimum Gasteiger partial charge on any atom is -0.409 e. The van der Waals surface area contributed by atoms with E-state index in [1.807, 2.05) is 32.0 Å². The van der Waals surface area contributed by atoms with Crippen LogP contribution in [0, 0.1) is 6.92 Å². The minimum absolute atomic E-state index is 0.160. The van der Waals surface area contributed by atoms with Gasteiger partial charge in [-0.3, -0.25) is 0 Å². The lowest BCUT2D eigenvalue weighted by molar-refractivity contribution is 0.316. The predicted octanol–water partition coefficient (Wildman–Crippen LogP) is 2.30. The lowest BCUT2D eigenvalue weighted by atomic mass is 10.2. The molecule has 0 bridgehead atoms. The number of rotatable bonds is 3. The molecule has 0 spiro atoms. The topological polar surface area (TPSA) is 70.6 Å². The number of halogens is 1. The first-order valence-electron chi connectivity index (χ1n) is 4.54. The molecule has 1 rings (SSSR count). The van der Waals surface area contributed by atoms with Crippen LogP contribution in [-0.4, -0.2) is 17.1 Å². The molecule has 4 N–H and O–H groups in total. The maximum absolute atomic E-state index is 8.51. The zero-order chi connectivity index (χ0) is 11.4. The summed E-state index contributed by atoms with van der Waals surface area (Å²) in [6, 6.07) is 5.74. The summed E-state index contributed by atoms with van der Waals surface area (Å²) in [5.74, 6) is 0.160. The largest absolute Gasteiger partial charge is 0.409 e. The van der Waals surface area contributed by atoms with Gasteiger partial charge in [0.25, 0.3) is 0 Å². The fourth-order valence-electron chi connectivity index (χ4n) is 1.23. The fraction of sp³-hybridized carbons (Fsp3) is 0.300. The van der Waals surface area contributed by atoms with Gasteiger partial charge in [-0.25, -0.2) is 0 Å². The molecule has 0 amide bonds. The fourth-order valence-corrected chi connectivity index (χ4v) is 1.84. The first kappa shape index (κ1) is 11.8. The predicted molar refractivity (Wildman–Crippen MR) is 65.4 cm³/mol. The molecule has 4 nitrogen and oxygen atoms in total. The third-order valence-corrected chi connectivity index (χ3v) is 2.44. The third-order valence-electron chi connectivity index (χ3n) is 1.98. The van der Waals surface area contributed by atoms with Gasteiger partial charge in [0.1, 0.15) is 0 Å². The molecule has 1 unspecified atom stereocenters. The van der Waals surface area contributed by atoms with Crippen LogP contribution in [0.15, 0.2) is 27.8 Å². The Morgan fingerprint density at radius 3 is 2.73 bits per heavy atom. The summed E-state index contributed by atoms with van der Waals surface area (Å²) in [7, 11) is 0. The summed E-state index contributed by atoms with van der Waals surface area (Å²) in [5, 5.41) is 14.6. The summed E-state index contributed by atoms with van der Waals surface area (Å²) in [5.41, 5.74) is 7.54. The molecule has 1 aromatic carbocycles. The summed E-state index contributed by atoms with van der Waals surface area (Å²) >= 11 is 3.41. The average Bonchev–Trinajstić information content (AvgIpc) is 2.14. The molecular weight excluding hydrogens is 258 g/mol. The Kier molecular flexibility index (Phi) is 3.96. The standard InChI is InChI=1S/C10H14BrN3O/c1-6-3-8(11)5-9(4-6)13-7(2)10(12)14-15/h3-5,7,13,15H,1-2H3,(H2,12,14). The van der Waals surface area contributed by atoms with Crippen LogP contribution in [0.2, 0.25) is 0 Å². The molecular formula is C10H14BrN3O. The second-order valence-electron chi connectivity index (χ2n) is 3.41. The average molecular weight is 272 g/mol. The molecule has 82 valence electrons. The van der Waals surface area contributed by atoms with Gasteiger partial charge < -0.3 is 16.3 Å². The molecule has 0 saturated heterocycles. The van der Waals surface area contributed by atoms with Crippen molar-refractivity contribution in [1.82, 2.24) is 0 Å². The zero-order valence-corrected chi connectivity index (χ0v) is 10.2. The number of hydrogen-bond donors (Lipinski definition) is 3. The monoisotopic (exact) mass is 271 g/mol. The number of benzene rings is 1. The van der Waals surface area contributed by atoms with Crippen LogP contribution < -0.4 is 11.1 Å². The van der Waals surface area contributed by atoms with Crippen molar-refractivity contribution in [2.75, 3.05) is 5.32 Å². The van der Waals surface area contributed by atoms with Crippen molar-refractivity contribution in [3.05, 3.63) is 28.2 Å². The molecule has 5 heteroatoms. The molecule has 15 heavy (non-hydrogen) atoms. The molecule has 0 aliphatic carbocycles. The Bertz CT molecular complexity index is 359. The molecule has 0 aliphatic heterocycles. The zero-order valence-electron chi connectivity index (χ0n) is 8.66. The van der Waals surface area contributed by atoms with Crippen molar-refractivity contribution in [2.45, 2.75) is 19.9 Å². The lowest BCUT2D eigenvalue weighted by Gasteiger charge is -2.14. The number of nitrogens with one attached hydrogen (secondary N) is 1. The van der Waals surface area contributed by atoms with Crippen LogP contribution in [0.4, 0.5) is 5.69 Å². The van der Waals surface area contributed by atoms with Gasteiger partial charge in [-0.2, -0.15) is 0 Å². The van der Waals surface area contributed by atoms with Gasteiger partial charge in [-0.05, 0) is 37.6 Å². The molecule has 1 aromatic rings. The van der Waals surface area contributed by atoms with Crippen molar-refractivity contribution in [2.24, 2.45) is 10.9 Å². The molecule has 0 fully saturated rings. The number of nitrogens with zero attached hydrogens (tertiary/aromatic N) is 1. The molecule has 0 aliphatic rings. The Morgan fingerprint density at radius 2 is 2.20 bits per heavy atom. The van der Waals surface area contributed by atoms with Gasteiger partial charge in [0.05, 0.1) is 6.04 Å². The molecule has 0 heterocycles. The second-order valence-corrected chi connectivity index (χ2v) is 4.32. The number of amidine groups is 1. The normalized spacial score (nSPS) is 13.7. The van der Waals surface area contributed by atoms with Crippen molar-refractivity contribution in [3.8, 4) is 0 Å². The smallest absolute Gasteiger partial charge is 0.161 e. The third kappa shape index (κ3) is 3.43. The number of hydrogen-bond acceptors (Lipinski definition) is 3.